The predicted molar refractivity (Wildman–Crippen MR) is 80.2 cm³/mol. The average molecular weight is 320 g/mol. The summed E-state index contributed by atoms with van der Waals surface area (Å²) < 4.78 is 1.25. The summed E-state index contributed by atoms with van der Waals surface area (Å²) in [5.74, 6) is 0.709. The molecule has 0 radical (unpaired) electrons. The summed E-state index contributed by atoms with van der Waals surface area (Å²) in [6.45, 7) is 1.02. The van der Waals surface area contributed by atoms with E-state index in [4.69, 9.17) is 0 Å². The average Bonchev–Trinajstić information content (AvgIpc) is 2.87. The van der Waals surface area contributed by atoms with Gasteiger partial charge in [0.2, 0.25) is 0 Å². The molecule has 1 aromatic carbocycles. The lowest BCUT2D eigenvalue weighted by atomic mass is 9.76. The molecular weight excluding hydrogens is 302 g/mol. The Morgan fingerprint density at radius 1 is 1.32 bits per heavy atom. The minimum absolute atomic E-state index is 0.667. The van der Waals surface area contributed by atoms with Crippen LogP contribution in [0.15, 0.2) is 41.3 Å². The summed E-state index contributed by atoms with van der Waals surface area (Å²) >= 11 is 3.64. The van der Waals surface area contributed by atoms with E-state index in [0.29, 0.717) is 12.0 Å². The highest BCUT2D eigenvalue weighted by Crippen LogP contribution is 2.39. The number of benzene rings is 1. The number of hydrogen-bond acceptors (Lipinski definition) is 2. The van der Waals surface area contributed by atoms with Crippen LogP contribution in [0.5, 0.6) is 0 Å². The van der Waals surface area contributed by atoms with Gasteiger partial charge in [0, 0.05) is 35.4 Å². The Labute approximate surface area is 122 Å². The van der Waals surface area contributed by atoms with Crippen molar-refractivity contribution in [2.45, 2.75) is 31.2 Å². The highest BCUT2D eigenvalue weighted by atomic mass is 79.9. The summed E-state index contributed by atoms with van der Waals surface area (Å²) in [6, 6.07) is 9.23. The molecule has 3 rings (SSSR count). The molecular formula is C15H18BrN3. The van der Waals surface area contributed by atoms with E-state index < -0.39 is 0 Å². The standard InChI is InChI=1S/C15H18BrN3/c16-15-4-2-1-3-14(15)11-7-13(8-11)18-6-5-12-9-17-10-19-12/h1-4,9-11,13,18H,5-8H2,(H,17,19). The van der Waals surface area contributed by atoms with Crippen molar-refractivity contribution in [3.05, 3.63) is 52.5 Å². The molecule has 1 fully saturated rings. The molecule has 2 aromatic rings. The summed E-state index contributed by atoms with van der Waals surface area (Å²) in [6.07, 6.45) is 7.14. The van der Waals surface area contributed by atoms with Gasteiger partial charge in [0.15, 0.2) is 0 Å². The van der Waals surface area contributed by atoms with Gasteiger partial charge in [-0.25, -0.2) is 4.98 Å². The highest BCUT2D eigenvalue weighted by molar-refractivity contribution is 9.10. The minimum Gasteiger partial charge on any atom is -0.348 e. The zero-order valence-corrected chi connectivity index (χ0v) is 12.4. The maximum atomic E-state index is 4.03. The normalized spacial score (nSPS) is 22.2. The van der Waals surface area contributed by atoms with Gasteiger partial charge >= 0.3 is 0 Å². The minimum atomic E-state index is 0.667. The van der Waals surface area contributed by atoms with Crippen molar-refractivity contribution in [2.24, 2.45) is 0 Å². The van der Waals surface area contributed by atoms with Crippen LogP contribution in [0.25, 0.3) is 0 Å². The molecule has 0 amide bonds. The largest absolute Gasteiger partial charge is 0.348 e. The fraction of sp³-hybridized carbons (Fsp3) is 0.400. The lowest BCUT2D eigenvalue weighted by Gasteiger charge is -2.37. The second-order valence-electron chi connectivity index (χ2n) is 5.17. The van der Waals surface area contributed by atoms with Crippen LogP contribution in [0.4, 0.5) is 0 Å². The van der Waals surface area contributed by atoms with Gasteiger partial charge in [0.05, 0.1) is 6.33 Å². The number of hydrogen-bond donors (Lipinski definition) is 2. The lowest BCUT2D eigenvalue weighted by Crippen LogP contribution is -2.41. The van der Waals surface area contributed by atoms with Crippen molar-refractivity contribution in [1.29, 1.82) is 0 Å². The van der Waals surface area contributed by atoms with E-state index in [1.807, 2.05) is 6.20 Å². The first-order valence-electron chi connectivity index (χ1n) is 6.78. The Balaban J connectivity index is 1.42. The molecule has 100 valence electrons. The van der Waals surface area contributed by atoms with E-state index in [0.717, 1.165) is 13.0 Å². The molecule has 1 heterocycles. The number of nitrogens with zero attached hydrogens (tertiary/aromatic N) is 1. The van der Waals surface area contributed by atoms with Crippen molar-refractivity contribution in [1.82, 2.24) is 15.3 Å². The molecule has 0 atom stereocenters. The number of H-pyrrole nitrogens is 1. The Morgan fingerprint density at radius 3 is 2.89 bits per heavy atom. The quantitative estimate of drug-likeness (QED) is 0.888. The number of imidazole rings is 1. The van der Waals surface area contributed by atoms with Crippen molar-refractivity contribution in [2.75, 3.05) is 6.54 Å². The van der Waals surface area contributed by atoms with Crippen LogP contribution in [0, 0.1) is 0 Å². The number of nitrogens with one attached hydrogen (secondary N) is 2. The summed E-state index contributed by atoms with van der Waals surface area (Å²) in [7, 11) is 0. The molecule has 0 bridgehead atoms. The number of halogens is 1. The van der Waals surface area contributed by atoms with Crippen LogP contribution in [0.1, 0.15) is 30.0 Å². The van der Waals surface area contributed by atoms with Crippen LogP contribution in [-0.2, 0) is 6.42 Å². The van der Waals surface area contributed by atoms with Gasteiger partial charge in [-0.05, 0) is 30.4 Å². The fourth-order valence-corrected chi connectivity index (χ4v) is 3.29. The lowest BCUT2D eigenvalue weighted by molar-refractivity contribution is 0.292. The Kier molecular flexibility index (Phi) is 3.99. The third-order valence-electron chi connectivity index (χ3n) is 3.87. The Hall–Kier alpha value is -1.13. The smallest absolute Gasteiger partial charge is 0.0921 e. The third-order valence-corrected chi connectivity index (χ3v) is 4.59. The summed E-state index contributed by atoms with van der Waals surface area (Å²) in [5.41, 5.74) is 2.66. The maximum absolute atomic E-state index is 4.03. The zero-order valence-electron chi connectivity index (χ0n) is 10.8. The van der Waals surface area contributed by atoms with Crippen molar-refractivity contribution in [3.63, 3.8) is 0 Å². The van der Waals surface area contributed by atoms with Crippen LogP contribution < -0.4 is 5.32 Å². The van der Waals surface area contributed by atoms with Crippen molar-refractivity contribution in [3.8, 4) is 0 Å². The summed E-state index contributed by atoms with van der Waals surface area (Å²) in [4.78, 5) is 7.16. The first-order valence-corrected chi connectivity index (χ1v) is 7.57. The topological polar surface area (TPSA) is 40.7 Å². The van der Waals surface area contributed by atoms with E-state index in [2.05, 4.69) is 55.5 Å². The molecule has 4 heteroatoms. The number of aromatic amines is 1. The number of rotatable bonds is 5. The zero-order chi connectivity index (χ0) is 13.1. The molecule has 0 spiro atoms. The second kappa shape index (κ2) is 5.88. The fourth-order valence-electron chi connectivity index (χ4n) is 2.68. The van der Waals surface area contributed by atoms with E-state index >= 15 is 0 Å². The first kappa shape index (κ1) is 12.9. The molecule has 1 aliphatic rings. The van der Waals surface area contributed by atoms with Gasteiger partial charge in [0.1, 0.15) is 0 Å². The first-order chi connectivity index (χ1) is 9.33. The molecule has 1 aliphatic carbocycles. The van der Waals surface area contributed by atoms with Crippen LogP contribution in [-0.4, -0.2) is 22.6 Å². The van der Waals surface area contributed by atoms with Gasteiger partial charge in [-0.2, -0.15) is 0 Å². The van der Waals surface area contributed by atoms with Crippen molar-refractivity contribution < 1.29 is 0 Å². The van der Waals surface area contributed by atoms with Crippen LogP contribution in [0.2, 0.25) is 0 Å². The third kappa shape index (κ3) is 3.07. The molecule has 3 nitrogen and oxygen atoms in total. The summed E-state index contributed by atoms with van der Waals surface area (Å²) in [5, 5.41) is 3.61. The monoisotopic (exact) mass is 319 g/mol. The molecule has 0 saturated heterocycles. The Bertz CT molecular complexity index is 518. The predicted octanol–water partition coefficient (Wildman–Crippen LogP) is 3.25. The van der Waals surface area contributed by atoms with E-state index in [9.17, 15) is 0 Å². The van der Waals surface area contributed by atoms with E-state index in [-0.39, 0.29) is 0 Å². The second-order valence-corrected chi connectivity index (χ2v) is 6.02. The van der Waals surface area contributed by atoms with Gasteiger partial charge < -0.3 is 10.3 Å². The van der Waals surface area contributed by atoms with Gasteiger partial charge in [0.25, 0.3) is 0 Å². The molecule has 1 aromatic heterocycles. The molecule has 2 N–H and O–H groups in total. The van der Waals surface area contributed by atoms with Crippen molar-refractivity contribution >= 4 is 15.9 Å². The SMILES string of the molecule is Brc1ccccc1C1CC(NCCc2cnc[nH]2)C1. The number of aromatic nitrogens is 2. The molecule has 0 aliphatic heterocycles. The van der Waals surface area contributed by atoms with E-state index in [1.54, 1.807) is 6.33 Å². The molecule has 19 heavy (non-hydrogen) atoms. The molecule has 1 saturated carbocycles. The van der Waals surface area contributed by atoms with Crippen LogP contribution >= 0.6 is 15.9 Å². The van der Waals surface area contributed by atoms with Gasteiger partial charge in [-0.1, -0.05) is 34.1 Å². The maximum Gasteiger partial charge on any atom is 0.0921 e. The molecule has 0 unspecified atom stereocenters. The van der Waals surface area contributed by atoms with Crippen LogP contribution in [0.3, 0.4) is 0 Å². The van der Waals surface area contributed by atoms with E-state index in [1.165, 1.54) is 28.6 Å². The van der Waals surface area contributed by atoms with Gasteiger partial charge in [-0.3, -0.25) is 0 Å². The Morgan fingerprint density at radius 2 is 2.16 bits per heavy atom. The van der Waals surface area contributed by atoms with Gasteiger partial charge in [-0.15, -0.1) is 0 Å². The highest BCUT2D eigenvalue weighted by Gasteiger charge is 2.30.